The van der Waals surface area contributed by atoms with E-state index in [1.807, 2.05) is 4.90 Å². The van der Waals surface area contributed by atoms with Gasteiger partial charge in [0.25, 0.3) is 6.43 Å². The minimum absolute atomic E-state index is 0.0187. The number of halogens is 3. The number of alkyl halides is 2. The molecule has 0 spiro atoms. The molecule has 1 aliphatic heterocycles. The van der Waals surface area contributed by atoms with Crippen molar-refractivity contribution in [2.75, 3.05) is 31.1 Å². The summed E-state index contributed by atoms with van der Waals surface area (Å²) in [5, 5.41) is 11.1. The standard InChI is InChI=1S/C28H29F3N6O3/c1-18(38)36-10-12-37(13-11-36)23-5-3-19(14-21(23)29)15-33-27(39)28(8-9-28)24-6-7-25(35-34-24)40-17-20-2-4-22(26(30)31)32-16-20/h2-7,14,16,26H,8-13,15,17H2,1H3,(H,33,39). The number of hydrogen-bond donors (Lipinski definition) is 1. The minimum Gasteiger partial charge on any atom is -0.472 e. The van der Waals surface area contributed by atoms with Crippen LogP contribution >= 0.6 is 0 Å². The highest BCUT2D eigenvalue weighted by atomic mass is 19.3. The van der Waals surface area contributed by atoms with Crippen LogP contribution in [-0.2, 0) is 28.2 Å². The topological polar surface area (TPSA) is 101 Å². The number of pyridine rings is 1. The Balaban J connectivity index is 1.13. The van der Waals surface area contributed by atoms with E-state index in [0.29, 0.717) is 61.5 Å². The first-order chi connectivity index (χ1) is 19.2. The summed E-state index contributed by atoms with van der Waals surface area (Å²) in [6.45, 7) is 4.02. The van der Waals surface area contributed by atoms with Gasteiger partial charge in [-0.15, -0.1) is 5.10 Å². The predicted molar refractivity (Wildman–Crippen MR) is 139 cm³/mol. The van der Waals surface area contributed by atoms with Gasteiger partial charge in [0.2, 0.25) is 17.7 Å². The lowest BCUT2D eigenvalue weighted by Gasteiger charge is -2.35. The van der Waals surface area contributed by atoms with Gasteiger partial charge in [-0.1, -0.05) is 12.1 Å². The molecule has 40 heavy (non-hydrogen) atoms. The molecule has 3 heterocycles. The van der Waals surface area contributed by atoms with E-state index in [1.54, 1.807) is 29.2 Å². The second kappa shape index (κ2) is 11.5. The molecule has 2 aromatic heterocycles. The maximum atomic E-state index is 14.9. The van der Waals surface area contributed by atoms with Gasteiger partial charge in [0.05, 0.1) is 16.8 Å². The molecule has 1 N–H and O–H groups in total. The Kier molecular flexibility index (Phi) is 7.85. The van der Waals surface area contributed by atoms with Crippen molar-refractivity contribution >= 4 is 17.5 Å². The number of amides is 2. The lowest BCUT2D eigenvalue weighted by atomic mass is 10.0. The molecule has 5 rings (SSSR count). The molecule has 0 radical (unpaired) electrons. The summed E-state index contributed by atoms with van der Waals surface area (Å²) < 4.78 is 45.7. The monoisotopic (exact) mass is 554 g/mol. The van der Waals surface area contributed by atoms with E-state index < -0.39 is 11.8 Å². The zero-order chi connectivity index (χ0) is 28.3. The number of ether oxygens (including phenoxy) is 1. The second-order valence-electron chi connectivity index (χ2n) is 9.98. The Morgan fingerprint density at radius 2 is 1.77 bits per heavy atom. The Bertz CT molecular complexity index is 1360. The molecule has 2 aliphatic rings. The van der Waals surface area contributed by atoms with E-state index in [-0.39, 0.29) is 42.4 Å². The quantitative estimate of drug-likeness (QED) is 0.432. The number of carbonyl (C=O) groups excluding carboxylic acids is 2. The molecule has 1 saturated carbocycles. The number of benzene rings is 1. The summed E-state index contributed by atoms with van der Waals surface area (Å²) >= 11 is 0. The van der Waals surface area contributed by atoms with Crippen LogP contribution in [0.1, 0.15) is 48.7 Å². The van der Waals surface area contributed by atoms with Crippen LogP contribution < -0.4 is 15.0 Å². The average Bonchev–Trinajstić information content (AvgIpc) is 3.78. The van der Waals surface area contributed by atoms with Crippen molar-refractivity contribution in [2.45, 2.75) is 44.8 Å². The summed E-state index contributed by atoms with van der Waals surface area (Å²) in [7, 11) is 0. The maximum absolute atomic E-state index is 14.9. The summed E-state index contributed by atoms with van der Waals surface area (Å²) in [6, 6.07) is 11.0. The summed E-state index contributed by atoms with van der Waals surface area (Å²) in [5.74, 6) is -0.321. The third-order valence-electron chi connectivity index (χ3n) is 7.30. The van der Waals surface area contributed by atoms with Gasteiger partial charge in [0.15, 0.2) is 0 Å². The normalized spacial score (nSPS) is 16.1. The summed E-state index contributed by atoms with van der Waals surface area (Å²) in [6.07, 6.45) is -0.0674. The van der Waals surface area contributed by atoms with E-state index in [0.717, 1.165) is 0 Å². The molecule has 0 atom stereocenters. The number of nitrogens with one attached hydrogen (secondary N) is 1. The number of rotatable bonds is 9. The maximum Gasteiger partial charge on any atom is 0.280 e. The highest BCUT2D eigenvalue weighted by Crippen LogP contribution is 2.47. The van der Waals surface area contributed by atoms with Crippen molar-refractivity contribution < 1.29 is 27.5 Å². The summed E-state index contributed by atoms with van der Waals surface area (Å²) in [5.41, 5.74) is 1.16. The first-order valence-corrected chi connectivity index (χ1v) is 13.0. The molecular weight excluding hydrogens is 525 g/mol. The van der Waals surface area contributed by atoms with Gasteiger partial charge < -0.3 is 19.9 Å². The SMILES string of the molecule is CC(=O)N1CCN(c2ccc(CNC(=O)C3(c4ccc(OCc5ccc(C(F)F)nc5)nn4)CC3)cc2F)CC1. The van der Waals surface area contributed by atoms with E-state index in [9.17, 15) is 22.8 Å². The van der Waals surface area contributed by atoms with Crippen molar-refractivity contribution in [1.29, 1.82) is 0 Å². The molecule has 0 unspecified atom stereocenters. The molecule has 2 amide bonds. The van der Waals surface area contributed by atoms with Crippen LogP contribution in [0.15, 0.2) is 48.7 Å². The highest BCUT2D eigenvalue weighted by molar-refractivity contribution is 5.90. The Morgan fingerprint density at radius 1 is 1.02 bits per heavy atom. The smallest absolute Gasteiger partial charge is 0.280 e. The van der Waals surface area contributed by atoms with E-state index >= 15 is 0 Å². The number of piperazine rings is 1. The molecule has 1 aliphatic carbocycles. The third-order valence-corrected chi connectivity index (χ3v) is 7.30. The van der Waals surface area contributed by atoms with E-state index in [4.69, 9.17) is 4.74 Å². The number of carbonyl (C=O) groups is 2. The van der Waals surface area contributed by atoms with Gasteiger partial charge in [-0.25, -0.2) is 13.2 Å². The molecule has 3 aromatic rings. The van der Waals surface area contributed by atoms with Crippen LogP contribution in [0.2, 0.25) is 0 Å². The average molecular weight is 555 g/mol. The summed E-state index contributed by atoms with van der Waals surface area (Å²) in [4.78, 5) is 31.9. The van der Waals surface area contributed by atoms with Crippen LogP contribution in [0, 0.1) is 5.82 Å². The first-order valence-electron chi connectivity index (χ1n) is 13.0. The van der Waals surface area contributed by atoms with Crippen molar-refractivity contribution in [3.63, 3.8) is 0 Å². The number of nitrogens with zero attached hydrogens (tertiary/aromatic N) is 5. The number of anilines is 1. The molecule has 12 heteroatoms. The van der Waals surface area contributed by atoms with Gasteiger partial charge in [-0.2, -0.15) is 5.10 Å². The molecule has 2 fully saturated rings. The van der Waals surface area contributed by atoms with Gasteiger partial charge in [-0.3, -0.25) is 14.6 Å². The number of aromatic nitrogens is 3. The van der Waals surface area contributed by atoms with Crippen molar-refractivity contribution in [3.8, 4) is 5.88 Å². The van der Waals surface area contributed by atoms with Crippen LogP contribution in [0.4, 0.5) is 18.9 Å². The molecule has 0 bridgehead atoms. The molecule has 1 aromatic carbocycles. The van der Waals surface area contributed by atoms with Gasteiger partial charge in [0.1, 0.15) is 18.1 Å². The molecule has 1 saturated heterocycles. The Labute approximate surface area is 229 Å². The third kappa shape index (κ3) is 6.00. The van der Waals surface area contributed by atoms with E-state index in [2.05, 4.69) is 20.5 Å². The lowest BCUT2D eigenvalue weighted by Crippen LogP contribution is -2.48. The fourth-order valence-corrected chi connectivity index (χ4v) is 4.72. The van der Waals surface area contributed by atoms with Crippen LogP contribution in [-0.4, -0.2) is 58.1 Å². The van der Waals surface area contributed by atoms with Gasteiger partial charge in [-0.05, 0) is 42.7 Å². The zero-order valence-corrected chi connectivity index (χ0v) is 21.9. The van der Waals surface area contributed by atoms with Crippen LogP contribution in [0.3, 0.4) is 0 Å². The van der Waals surface area contributed by atoms with Gasteiger partial charge in [0, 0.05) is 57.5 Å². The second-order valence-corrected chi connectivity index (χ2v) is 9.98. The lowest BCUT2D eigenvalue weighted by molar-refractivity contribution is -0.129. The largest absolute Gasteiger partial charge is 0.472 e. The Morgan fingerprint density at radius 3 is 2.35 bits per heavy atom. The van der Waals surface area contributed by atoms with Crippen LogP contribution in [0.5, 0.6) is 5.88 Å². The first kappa shape index (κ1) is 27.4. The Hall–Kier alpha value is -4.22. The van der Waals surface area contributed by atoms with Crippen LogP contribution in [0.25, 0.3) is 0 Å². The molecule has 9 nitrogen and oxygen atoms in total. The van der Waals surface area contributed by atoms with Crippen molar-refractivity contribution in [3.05, 3.63) is 77.0 Å². The van der Waals surface area contributed by atoms with Gasteiger partial charge >= 0.3 is 0 Å². The van der Waals surface area contributed by atoms with E-state index in [1.165, 1.54) is 31.3 Å². The number of hydrogen-bond acceptors (Lipinski definition) is 7. The predicted octanol–water partition coefficient (Wildman–Crippen LogP) is 3.54. The fraction of sp³-hybridized carbons (Fsp3) is 0.393. The van der Waals surface area contributed by atoms with Crippen molar-refractivity contribution in [1.82, 2.24) is 25.4 Å². The minimum atomic E-state index is -2.63. The molecule has 210 valence electrons. The van der Waals surface area contributed by atoms with Crippen molar-refractivity contribution in [2.24, 2.45) is 0 Å². The highest BCUT2D eigenvalue weighted by Gasteiger charge is 2.52. The molecular formula is C28H29F3N6O3. The zero-order valence-electron chi connectivity index (χ0n) is 21.9. The fourth-order valence-electron chi connectivity index (χ4n) is 4.72.